The van der Waals surface area contributed by atoms with Gasteiger partial charge in [-0.2, -0.15) is 4.98 Å². The van der Waals surface area contributed by atoms with Crippen LogP contribution in [0, 0.1) is 5.82 Å². The SMILES string of the molecule is CCCNc1ncc(F)c(N(CC)CCOCC)n1. The second-order valence-corrected chi connectivity index (χ2v) is 4.07. The monoisotopic (exact) mass is 270 g/mol. The standard InChI is InChI=1S/C13H23FN4O/c1-4-7-15-13-16-10-11(14)12(17-13)18(5-2)8-9-19-6-3/h10H,4-9H2,1-3H3,(H,15,16,17). The van der Waals surface area contributed by atoms with Crippen LogP contribution >= 0.6 is 0 Å². The van der Waals surface area contributed by atoms with E-state index in [-0.39, 0.29) is 0 Å². The van der Waals surface area contributed by atoms with Gasteiger partial charge in [-0.25, -0.2) is 9.37 Å². The average molecular weight is 270 g/mol. The first-order chi connectivity index (χ1) is 9.22. The molecule has 0 aromatic carbocycles. The molecule has 0 spiro atoms. The largest absolute Gasteiger partial charge is 0.380 e. The lowest BCUT2D eigenvalue weighted by molar-refractivity contribution is 0.154. The molecule has 0 fully saturated rings. The Kier molecular flexibility index (Phi) is 7.10. The fourth-order valence-corrected chi connectivity index (χ4v) is 1.63. The molecule has 0 aliphatic rings. The fourth-order valence-electron chi connectivity index (χ4n) is 1.63. The molecule has 19 heavy (non-hydrogen) atoms. The minimum Gasteiger partial charge on any atom is -0.380 e. The topological polar surface area (TPSA) is 50.3 Å². The van der Waals surface area contributed by atoms with Gasteiger partial charge in [0.1, 0.15) is 0 Å². The van der Waals surface area contributed by atoms with E-state index in [0.29, 0.717) is 38.1 Å². The molecule has 1 N–H and O–H groups in total. The van der Waals surface area contributed by atoms with E-state index in [1.807, 2.05) is 18.7 Å². The zero-order valence-electron chi connectivity index (χ0n) is 11.9. The third-order valence-electron chi connectivity index (χ3n) is 2.65. The lowest BCUT2D eigenvalue weighted by atomic mass is 10.4. The molecule has 1 aromatic heterocycles. The zero-order valence-corrected chi connectivity index (χ0v) is 11.9. The first-order valence-corrected chi connectivity index (χ1v) is 6.81. The van der Waals surface area contributed by atoms with Crippen LogP contribution in [0.25, 0.3) is 0 Å². The second kappa shape index (κ2) is 8.63. The molecule has 5 nitrogen and oxygen atoms in total. The van der Waals surface area contributed by atoms with Gasteiger partial charge in [0.05, 0.1) is 12.8 Å². The van der Waals surface area contributed by atoms with Gasteiger partial charge in [0, 0.05) is 26.2 Å². The average Bonchev–Trinajstić information content (AvgIpc) is 2.43. The maximum atomic E-state index is 13.8. The molecule has 0 atom stereocenters. The maximum absolute atomic E-state index is 13.8. The molecule has 0 radical (unpaired) electrons. The Morgan fingerprint density at radius 2 is 2.16 bits per heavy atom. The molecular formula is C13H23FN4O. The molecule has 0 bridgehead atoms. The van der Waals surface area contributed by atoms with Crippen LogP contribution in [0.1, 0.15) is 27.2 Å². The number of likely N-dealkylation sites (N-methyl/N-ethyl adjacent to an activating group) is 1. The molecular weight excluding hydrogens is 247 g/mol. The van der Waals surface area contributed by atoms with Crippen molar-refractivity contribution in [2.45, 2.75) is 27.2 Å². The molecule has 108 valence electrons. The van der Waals surface area contributed by atoms with Crippen LogP contribution in [0.5, 0.6) is 0 Å². The molecule has 1 heterocycles. The lowest BCUT2D eigenvalue weighted by Crippen LogP contribution is -2.29. The van der Waals surface area contributed by atoms with Crippen molar-refractivity contribution in [1.82, 2.24) is 9.97 Å². The number of anilines is 2. The summed E-state index contributed by atoms with van der Waals surface area (Å²) in [5.41, 5.74) is 0. The number of halogens is 1. The summed E-state index contributed by atoms with van der Waals surface area (Å²) in [6.45, 7) is 9.24. The van der Waals surface area contributed by atoms with Gasteiger partial charge in [0.15, 0.2) is 11.6 Å². The van der Waals surface area contributed by atoms with Gasteiger partial charge in [0.2, 0.25) is 5.95 Å². The number of nitrogens with one attached hydrogen (secondary N) is 1. The van der Waals surface area contributed by atoms with E-state index in [4.69, 9.17) is 4.74 Å². The smallest absolute Gasteiger partial charge is 0.224 e. The number of hydrogen-bond donors (Lipinski definition) is 1. The van der Waals surface area contributed by atoms with Crippen molar-refractivity contribution < 1.29 is 9.13 Å². The van der Waals surface area contributed by atoms with Crippen molar-refractivity contribution in [2.24, 2.45) is 0 Å². The third kappa shape index (κ3) is 4.98. The highest BCUT2D eigenvalue weighted by atomic mass is 19.1. The van der Waals surface area contributed by atoms with E-state index in [2.05, 4.69) is 22.2 Å². The van der Waals surface area contributed by atoms with Crippen molar-refractivity contribution in [1.29, 1.82) is 0 Å². The molecule has 1 rings (SSSR count). The summed E-state index contributed by atoms with van der Waals surface area (Å²) in [5.74, 6) is 0.393. The number of hydrogen-bond acceptors (Lipinski definition) is 5. The third-order valence-corrected chi connectivity index (χ3v) is 2.65. The summed E-state index contributed by atoms with van der Waals surface area (Å²) in [6, 6.07) is 0. The van der Waals surface area contributed by atoms with Crippen molar-refractivity contribution >= 4 is 11.8 Å². The number of aromatic nitrogens is 2. The number of nitrogens with zero attached hydrogens (tertiary/aromatic N) is 3. The number of rotatable bonds is 9. The van der Waals surface area contributed by atoms with Gasteiger partial charge in [-0.1, -0.05) is 6.92 Å². The molecule has 0 unspecified atom stereocenters. The van der Waals surface area contributed by atoms with Gasteiger partial charge in [-0.3, -0.25) is 0 Å². The normalized spacial score (nSPS) is 10.5. The molecule has 0 saturated heterocycles. The van der Waals surface area contributed by atoms with Crippen LogP contribution in [-0.4, -0.2) is 42.8 Å². The van der Waals surface area contributed by atoms with Crippen LogP contribution in [0.4, 0.5) is 16.2 Å². The Morgan fingerprint density at radius 1 is 1.37 bits per heavy atom. The van der Waals surface area contributed by atoms with E-state index in [0.717, 1.165) is 13.0 Å². The summed E-state index contributed by atoms with van der Waals surface area (Å²) in [7, 11) is 0. The summed E-state index contributed by atoms with van der Waals surface area (Å²) in [4.78, 5) is 10.0. The minimum atomic E-state index is -0.402. The number of ether oxygens (including phenoxy) is 1. The molecule has 0 saturated carbocycles. The predicted octanol–water partition coefficient (Wildman–Crippen LogP) is 2.30. The van der Waals surface area contributed by atoms with Crippen molar-refractivity contribution in [3.8, 4) is 0 Å². The van der Waals surface area contributed by atoms with Crippen LogP contribution in [-0.2, 0) is 4.74 Å². The Morgan fingerprint density at radius 3 is 2.79 bits per heavy atom. The Hall–Kier alpha value is -1.43. The molecule has 0 amide bonds. The maximum Gasteiger partial charge on any atom is 0.224 e. The van der Waals surface area contributed by atoms with Gasteiger partial charge in [0.25, 0.3) is 0 Å². The van der Waals surface area contributed by atoms with Gasteiger partial charge in [-0.15, -0.1) is 0 Å². The quantitative estimate of drug-likeness (QED) is 0.698. The van der Waals surface area contributed by atoms with Crippen LogP contribution < -0.4 is 10.2 Å². The summed E-state index contributed by atoms with van der Waals surface area (Å²) in [5, 5.41) is 3.06. The van der Waals surface area contributed by atoms with Gasteiger partial charge < -0.3 is 15.0 Å². The minimum absolute atomic E-state index is 0.329. The van der Waals surface area contributed by atoms with Crippen molar-refractivity contribution in [2.75, 3.05) is 43.1 Å². The second-order valence-electron chi connectivity index (χ2n) is 4.07. The van der Waals surface area contributed by atoms with Gasteiger partial charge >= 0.3 is 0 Å². The van der Waals surface area contributed by atoms with Crippen molar-refractivity contribution in [3.63, 3.8) is 0 Å². The van der Waals surface area contributed by atoms with Crippen LogP contribution in [0.2, 0.25) is 0 Å². The summed E-state index contributed by atoms with van der Waals surface area (Å²) < 4.78 is 19.1. The first kappa shape index (κ1) is 15.6. The Balaban J connectivity index is 2.76. The molecule has 0 aliphatic heterocycles. The summed E-state index contributed by atoms with van der Waals surface area (Å²) in [6.07, 6.45) is 2.18. The Labute approximate surface area is 114 Å². The van der Waals surface area contributed by atoms with Crippen molar-refractivity contribution in [3.05, 3.63) is 12.0 Å². The van der Waals surface area contributed by atoms with Crippen LogP contribution in [0.3, 0.4) is 0 Å². The Bertz CT molecular complexity index is 376. The van der Waals surface area contributed by atoms with Crippen LogP contribution in [0.15, 0.2) is 6.20 Å². The molecule has 1 aromatic rings. The molecule has 0 aliphatic carbocycles. The van der Waals surface area contributed by atoms with E-state index < -0.39 is 5.82 Å². The van der Waals surface area contributed by atoms with Gasteiger partial charge in [-0.05, 0) is 20.3 Å². The van der Waals surface area contributed by atoms with E-state index in [1.54, 1.807) is 0 Å². The fraction of sp³-hybridized carbons (Fsp3) is 0.692. The van der Waals surface area contributed by atoms with E-state index in [1.165, 1.54) is 6.20 Å². The highest BCUT2D eigenvalue weighted by Crippen LogP contribution is 2.17. The van der Waals surface area contributed by atoms with E-state index >= 15 is 0 Å². The highest BCUT2D eigenvalue weighted by Gasteiger charge is 2.13. The zero-order chi connectivity index (χ0) is 14.1. The lowest BCUT2D eigenvalue weighted by Gasteiger charge is -2.22. The molecule has 6 heteroatoms. The predicted molar refractivity (Wildman–Crippen MR) is 75.2 cm³/mol. The summed E-state index contributed by atoms with van der Waals surface area (Å²) >= 11 is 0. The van der Waals surface area contributed by atoms with E-state index in [9.17, 15) is 4.39 Å². The first-order valence-electron chi connectivity index (χ1n) is 6.81. The highest BCUT2D eigenvalue weighted by molar-refractivity contribution is 5.43.